The summed E-state index contributed by atoms with van der Waals surface area (Å²) in [5, 5.41) is 16.5. The molecule has 5 rings (SSSR count). The van der Waals surface area contributed by atoms with Crippen molar-refractivity contribution in [3.8, 4) is 17.3 Å². The molecule has 2 heterocycles. The van der Waals surface area contributed by atoms with Gasteiger partial charge in [0.2, 0.25) is 21.8 Å². The maximum atomic E-state index is 14.0. The Labute approximate surface area is 236 Å². The lowest BCUT2D eigenvalue weighted by molar-refractivity contribution is -0.117. The number of carboxylic acid groups (broad SMARTS) is 1. The van der Waals surface area contributed by atoms with Crippen LogP contribution >= 0.6 is 0 Å². The summed E-state index contributed by atoms with van der Waals surface area (Å²) in [6.45, 7) is 4.56. The molecule has 3 aromatic rings. The lowest BCUT2D eigenvalue weighted by Crippen LogP contribution is -2.41. The molecule has 2 fully saturated rings. The zero-order chi connectivity index (χ0) is 29.1. The number of aromatic nitrogens is 2. The number of hydrogen-bond acceptors (Lipinski definition) is 8. The van der Waals surface area contributed by atoms with E-state index in [4.69, 9.17) is 9.47 Å². The molecule has 1 aliphatic carbocycles. The lowest BCUT2D eigenvalue weighted by Gasteiger charge is -2.26. The number of amides is 1. The fourth-order valence-corrected chi connectivity index (χ4v) is 5.57. The van der Waals surface area contributed by atoms with Gasteiger partial charge in [0.25, 0.3) is 0 Å². The Morgan fingerprint density at radius 1 is 1.17 bits per heavy atom. The third-order valence-electron chi connectivity index (χ3n) is 6.80. The van der Waals surface area contributed by atoms with Gasteiger partial charge in [-0.15, -0.1) is 0 Å². The van der Waals surface area contributed by atoms with E-state index in [2.05, 4.69) is 20.0 Å². The van der Waals surface area contributed by atoms with Crippen molar-refractivity contribution in [1.29, 1.82) is 0 Å². The first-order valence-corrected chi connectivity index (χ1v) is 14.6. The summed E-state index contributed by atoms with van der Waals surface area (Å²) in [4.78, 5) is 26.0. The minimum Gasteiger partial charge on any atom is -0.476 e. The Hall–Kier alpha value is -3.85. The van der Waals surface area contributed by atoms with Gasteiger partial charge in [0.15, 0.2) is 5.69 Å². The number of sulfonamides is 1. The Bertz CT molecular complexity index is 1570. The molecule has 0 atom stereocenters. The molecular formula is C27H30FN5O7S. The van der Waals surface area contributed by atoms with E-state index in [1.165, 1.54) is 43.3 Å². The SMILES string of the molecule is Cc1c(C(=O)O)nn(-c2cccc(F)c2)c1Oc1ccc(NC(=O)C2CC2)cc1S(=O)(=O)NCCN1CCOCC1. The van der Waals surface area contributed by atoms with Crippen molar-refractivity contribution < 1.29 is 37.0 Å². The number of halogens is 1. The summed E-state index contributed by atoms with van der Waals surface area (Å²) < 4.78 is 56.2. The number of hydrogen-bond donors (Lipinski definition) is 3. The summed E-state index contributed by atoms with van der Waals surface area (Å²) in [5.74, 6) is -2.46. The quantitative estimate of drug-likeness (QED) is 0.308. The van der Waals surface area contributed by atoms with Crippen molar-refractivity contribution in [2.75, 3.05) is 44.7 Å². The third-order valence-corrected chi connectivity index (χ3v) is 8.29. The number of carbonyl (C=O) groups is 2. The second-order valence-electron chi connectivity index (χ2n) is 9.85. The molecular weight excluding hydrogens is 557 g/mol. The van der Waals surface area contributed by atoms with Gasteiger partial charge in [0, 0.05) is 43.3 Å². The van der Waals surface area contributed by atoms with Gasteiger partial charge in [-0.25, -0.2) is 22.3 Å². The molecule has 0 unspecified atom stereocenters. The van der Waals surface area contributed by atoms with Crippen LogP contribution in [0.2, 0.25) is 0 Å². The molecule has 2 aliphatic rings. The van der Waals surface area contributed by atoms with Crippen LogP contribution in [0.5, 0.6) is 11.6 Å². The monoisotopic (exact) mass is 587 g/mol. The summed E-state index contributed by atoms with van der Waals surface area (Å²) in [6, 6.07) is 9.48. The number of aromatic carboxylic acids is 1. The van der Waals surface area contributed by atoms with Gasteiger partial charge >= 0.3 is 5.97 Å². The molecule has 14 heteroatoms. The van der Waals surface area contributed by atoms with Crippen molar-refractivity contribution in [3.05, 3.63) is 59.5 Å². The zero-order valence-corrected chi connectivity index (χ0v) is 23.1. The molecule has 0 radical (unpaired) electrons. The first-order valence-electron chi connectivity index (χ1n) is 13.1. The Morgan fingerprint density at radius 3 is 2.61 bits per heavy atom. The second kappa shape index (κ2) is 11.9. The topological polar surface area (TPSA) is 152 Å². The number of morpholine rings is 1. The minimum absolute atomic E-state index is 0.102. The Morgan fingerprint density at radius 2 is 1.93 bits per heavy atom. The molecule has 1 saturated heterocycles. The van der Waals surface area contributed by atoms with E-state index in [-0.39, 0.29) is 57.5 Å². The molecule has 12 nitrogen and oxygen atoms in total. The number of carbonyl (C=O) groups excluding carboxylic acids is 1. The van der Waals surface area contributed by atoms with Crippen LogP contribution in [0, 0.1) is 18.7 Å². The van der Waals surface area contributed by atoms with Crippen molar-refractivity contribution in [2.24, 2.45) is 5.92 Å². The normalized spacial score (nSPS) is 16.0. The number of rotatable bonds is 11. The predicted octanol–water partition coefficient (Wildman–Crippen LogP) is 2.77. The van der Waals surface area contributed by atoms with Gasteiger partial charge in [-0.05, 0) is 56.2 Å². The lowest BCUT2D eigenvalue weighted by atomic mass is 10.2. The Kier molecular flexibility index (Phi) is 8.35. The van der Waals surface area contributed by atoms with Crippen LogP contribution in [0.3, 0.4) is 0 Å². The Balaban J connectivity index is 1.50. The van der Waals surface area contributed by atoms with Gasteiger partial charge in [-0.2, -0.15) is 9.78 Å². The van der Waals surface area contributed by atoms with Crippen LogP contribution in [-0.2, 0) is 19.6 Å². The fourth-order valence-electron chi connectivity index (χ4n) is 4.40. The summed E-state index contributed by atoms with van der Waals surface area (Å²) >= 11 is 0. The smallest absolute Gasteiger partial charge is 0.356 e. The summed E-state index contributed by atoms with van der Waals surface area (Å²) in [6.07, 6.45) is 1.55. The van der Waals surface area contributed by atoms with Gasteiger partial charge in [0.1, 0.15) is 16.5 Å². The van der Waals surface area contributed by atoms with E-state index >= 15 is 0 Å². The zero-order valence-electron chi connectivity index (χ0n) is 22.3. The van der Waals surface area contributed by atoms with E-state index in [1.54, 1.807) is 0 Å². The highest BCUT2D eigenvalue weighted by Crippen LogP contribution is 2.36. The summed E-state index contributed by atoms with van der Waals surface area (Å²) in [7, 11) is -4.17. The number of nitrogens with zero attached hydrogens (tertiary/aromatic N) is 3. The van der Waals surface area contributed by atoms with Crippen molar-refractivity contribution in [3.63, 3.8) is 0 Å². The molecule has 0 bridgehead atoms. The van der Waals surface area contributed by atoms with Crippen molar-refractivity contribution in [2.45, 2.75) is 24.7 Å². The minimum atomic E-state index is -4.17. The molecule has 41 heavy (non-hydrogen) atoms. The van der Waals surface area contributed by atoms with Gasteiger partial charge < -0.3 is 19.9 Å². The number of nitrogens with one attached hydrogen (secondary N) is 2. The van der Waals surface area contributed by atoms with Crippen LogP contribution in [0.1, 0.15) is 28.9 Å². The largest absolute Gasteiger partial charge is 0.476 e. The predicted molar refractivity (Wildman–Crippen MR) is 146 cm³/mol. The van der Waals surface area contributed by atoms with Gasteiger partial charge in [-0.3, -0.25) is 9.69 Å². The second-order valence-corrected chi connectivity index (χ2v) is 11.6. The first kappa shape index (κ1) is 28.7. The molecule has 1 aliphatic heterocycles. The van der Waals surface area contributed by atoms with Crippen molar-refractivity contribution in [1.82, 2.24) is 19.4 Å². The third kappa shape index (κ3) is 6.73. The number of benzene rings is 2. The van der Waals surface area contributed by atoms with Gasteiger partial charge in [0.05, 0.1) is 18.9 Å². The van der Waals surface area contributed by atoms with E-state index < -0.39 is 21.8 Å². The molecule has 1 aromatic heterocycles. The fraction of sp³-hybridized carbons (Fsp3) is 0.370. The standard InChI is InChI=1S/C27H30FN5O7S/c1-17-24(27(35)36)31-33(21-4-2-3-19(28)15-21)26(17)40-22-8-7-20(30-25(34)18-5-6-18)16-23(22)41(37,38)29-9-10-32-11-13-39-14-12-32/h2-4,7-8,15-16,18,29H,5-6,9-14H2,1H3,(H,30,34)(H,35,36). The van der Waals surface area contributed by atoms with E-state index in [1.807, 2.05) is 0 Å². The first-order chi connectivity index (χ1) is 19.6. The maximum Gasteiger partial charge on any atom is 0.356 e. The molecule has 0 spiro atoms. The number of carboxylic acids is 1. The van der Waals surface area contributed by atoms with Crippen LogP contribution in [-0.4, -0.2) is 79.5 Å². The van der Waals surface area contributed by atoms with Crippen LogP contribution < -0.4 is 14.8 Å². The average Bonchev–Trinajstić information content (AvgIpc) is 3.74. The average molecular weight is 588 g/mol. The van der Waals surface area contributed by atoms with E-state index in [9.17, 15) is 27.5 Å². The highest BCUT2D eigenvalue weighted by Gasteiger charge is 2.31. The molecule has 218 valence electrons. The highest BCUT2D eigenvalue weighted by molar-refractivity contribution is 7.89. The maximum absolute atomic E-state index is 14.0. The number of anilines is 1. The van der Waals surface area contributed by atoms with Crippen LogP contribution in [0.4, 0.5) is 10.1 Å². The van der Waals surface area contributed by atoms with Gasteiger partial charge in [-0.1, -0.05) is 6.07 Å². The summed E-state index contributed by atoms with van der Waals surface area (Å²) in [5.41, 5.74) is 0.212. The van der Waals surface area contributed by atoms with Crippen molar-refractivity contribution >= 4 is 27.6 Å². The van der Waals surface area contributed by atoms with Crippen LogP contribution in [0.15, 0.2) is 47.4 Å². The van der Waals surface area contributed by atoms with Crippen LogP contribution in [0.25, 0.3) is 5.69 Å². The van der Waals surface area contributed by atoms with E-state index in [0.717, 1.165) is 23.6 Å². The molecule has 1 amide bonds. The molecule has 3 N–H and O–H groups in total. The molecule has 1 saturated carbocycles. The molecule has 2 aromatic carbocycles. The highest BCUT2D eigenvalue weighted by atomic mass is 32.2. The number of ether oxygens (including phenoxy) is 2. The van der Waals surface area contributed by atoms with E-state index in [0.29, 0.717) is 32.8 Å².